The number of para-hydroxylation sites is 1. The molecule has 8 nitrogen and oxygen atoms in total. The maximum absolute atomic E-state index is 13.9. The fourth-order valence-corrected chi connectivity index (χ4v) is 6.44. The van der Waals surface area contributed by atoms with Gasteiger partial charge in [-0.3, -0.25) is 19.3 Å². The molecule has 0 aliphatic carbocycles. The van der Waals surface area contributed by atoms with Crippen molar-refractivity contribution in [1.29, 1.82) is 0 Å². The van der Waals surface area contributed by atoms with Crippen LogP contribution in [0.25, 0.3) is 0 Å². The predicted molar refractivity (Wildman–Crippen MR) is 109 cm³/mol. The first-order valence-electron chi connectivity index (χ1n) is 10.6. The van der Waals surface area contributed by atoms with Gasteiger partial charge in [0.25, 0.3) is 0 Å². The summed E-state index contributed by atoms with van der Waals surface area (Å²) < 4.78 is 10.8. The summed E-state index contributed by atoms with van der Waals surface area (Å²) in [5.41, 5.74) is 0.842. The van der Waals surface area contributed by atoms with Crippen molar-refractivity contribution >= 4 is 29.1 Å². The molecule has 0 unspecified atom stereocenters. The number of fused-ring (bicyclic) bond motifs is 8. The van der Waals surface area contributed by atoms with Gasteiger partial charge in [-0.25, -0.2) is 4.90 Å². The summed E-state index contributed by atoms with van der Waals surface area (Å²) in [7, 11) is 0. The van der Waals surface area contributed by atoms with Crippen LogP contribution in [0.5, 0.6) is 11.5 Å². The lowest BCUT2D eigenvalue weighted by atomic mass is 9.75. The predicted octanol–water partition coefficient (Wildman–Crippen LogP) is 1.85. The number of carbonyl (C=O) groups excluding carboxylic acids is 3. The van der Waals surface area contributed by atoms with Gasteiger partial charge < -0.3 is 14.8 Å². The first kappa shape index (κ1) is 17.3. The first-order valence-corrected chi connectivity index (χ1v) is 10.6. The van der Waals surface area contributed by atoms with Crippen molar-refractivity contribution in [3.63, 3.8) is 0 Å². The van der Waals surface area contributed by atoms with Crippen LogP contribution in [0.4, 0.5) is 11.4 Å². The SMILES string of the molecule is O=C1[C@@H]2[C@@H]3CCCN3[C@]3(C(=O)Nc4ccccc43)[C@H]2C(=O)N1c1ccc2c(c1)OCO2. The number of anilines is 2. The Bertz CT molecular complexity index is 1200. The van der Waals surface area contributed by atoms with Gasteiger partial charge in [-0.15, -0.1) is 0 Å². The summed E-state index contributed by atoms with van der Waals surface area (Å²) >= 11 is 0. The zero-order valence-corrected chi connectivity index (χ0v) is 16.5. The minimum atomic E-state index is -1.14. The second-order valence-corrected chi connectivity index (χ2v) is 8.72. The van der Waals surface area contributed by atoms with E-state index in [1.165, 1.54) is 4.90 Å². The van der Waals surface area contributed by atoms with E-state index in [1.54, 1.807) is 18.2 Å². The van der Waals surface area contributed by atoms with Crippen LogP contribution in [-0.2, 0) is 19.9 Å². The quantitative estimate of drug-likeness (QED) is 0.713. The third-order valence-corrected chi connectivity index (χ3v) is 7.51. The van der Waals surface area contributed by atoms with Gasteiger partial charge in [-0.1, -0.05) is 18.2 Å². The molecule has 0 saturated carbocycles. The number of amides is 3. The molecule has 4 atom stereocenters. The van der Waals surface area contributed by atoms with Crippen LogP contribution in [0.1, 0.15) is 18.4 Å². The molecule has 156 valence electrons. The molecule has 2 aromatic carbocycles. The van der Waals surface area contributed by atoms with Crippen LogP contribution in [-0.4, -0.2) is 42.0 Å². The number of nitrogens with zero attached hydrogens (tertiary/aromatic N) is 2. The van der Waals surface area contributed by atoms with Gasteiger partial charge in [-0.05, 0) is 37.6 Å². The number of carbonyl (C=O) groups is 3. The number of hydrogen-bond acceptors (Lipinski definition) is 6. The third kappa shape index (κ3) is 1.88. The van der Waals surface area contributed by atoms with Gasteiger partial charge in [0.15, 0.2) is 11.5 Å². The smallest absolute Gasteiger partial charge is 0.250 e. The number of hydrogen-bond donors (Lipinski definition) is 1. The molecule has 2 aromatic rings. The molecule has 3 saturated heterocycles. The summed E-state index contributed by atoms with van der Waals surface area (Å²) in [5.74, 6) is -0.963. The maximum Gasteiger partial charge on any atom is 0.250 e. The molecule has 3 amide bonds. The Hall–Kier alpha value is -3.39. The number of rotatable bonds is 1. The summed E-state index contributed by atoms with van der Waals surface area (Å²) in [6, 6.07) is 12.5. The molecular formula is C23H19N3O5. The van der Waals surface area contributed by atoms with Crippen LogP contribution < -0.4 is 19.7 Å². The van der Waals surface area contributed by atoms with Gasteiger partial charge in [0.2, 0.25) is 24.5 Å². The van der Waals surface area contributed by atoms with E-state index in [9.17, 15) is 14.4 Å². The Morgan fingerprint density at radius 3 is 2.74 bits per heavy atom. The monoisotopic (exact) mass is 417 g/mol. The molecular weight excluding hydrogens is 398 g/mol. The second-order valence-electron chi connectivity index (χ2n) is 8.72. The Balaban J connectivity index is 1.40. The lowest BCUT2D eigenvalue weighted by molar-refractivity contribution is -0.135. The van der Waals surface area contributed by atoms with Crippen molar-refractivity contribution in [2.75, 3.05) is 23.6 Å². The average Bonchev–Trinajstić information content (AvgIpc) is 3.54. The fraction of sp³-hybridized carbons (Fsp3) is 0.348. The summed E-state index contributed by atoms with van der Waals surface area (Å²) in [6.45, 7) is 0.813. The highest BCUT2D eigenvalue weighted by Gasteiger charge is 2.74. The molecule has 0 bridgehead atoms. The van der Waals surface area contributed by atoms with Gasteiger partial charge in [0, 0.05) is 23.4 Å². The van der Waals surface area contributed by atoms with Crippen molar-refractivity contribution < 1.29 is 23.9 Å². The highest BCUT2D eigenvalue weighted by molar-refractivity contribution is 6.26. The highest BCUT2D eigenvalue weighted by Crippen LogP contribution is 2.60. The average molecular weight is 417 g/mol. The lowest BCUT2D eigenvalue weighted by Gasteiger charge is -2.36. The van der Waals surface area contributed by atoms with Crippen molar-refractivity contribution in [2.24, 2.45) is 11.8 Å². The molecule has 1 N–H and O–H groups in total. The minimum Gasteiger partial charge on any atom is -0.454 e. The van der Waals surface area contributed by atoms with E-state index in [0.717, 1.165) is 24.1 Å². The van der Waals surface area contributed by atoms with E-state index in [-0.39, 0.29) is 30.6 Å². The number of ether oxygens (including phenoxy) is 2. The van der Waals surface area contributed by atoms with Crippen LogP contribution in [0.3, 0.4) is 0 Å². The number of imide groups is 1. The zero-order chi connectivity index (χ0) is 20.9. The molecule has 31 heavy (non-hydrogen) atoms. The third-order valence-electron chi connectivity index (χ3n) is 7.51. The van der Waals surface area contributed by atoms with E-state index in [1.807, 2.05) is 24.3 Å². The minimum absolute atomic E-state index is 0.114. The Labute approximate surface area is 177 Å². The molecule has 1 spiro atoms. The summed E-state index contributed by atoms with van der Waals surface area (Å²) in [6.07, 6.45) is 1.70. The van der Waals surface area contributed by atoms with Crippen LogP contribution in [0, 0.1) is 11.8 Å². The zero-order valence-electron chi connectivity index (χ0n) is 16.5. The van der Waals surface area contributed by atoms with Gasteiger partial charge in [-0.2, -0.15) is 0 Å². The molecule has 5 heterocycles. The molecule has 5 aliphatic rings. The Morgan fingerprint density at radius 1 is 1.00 bits per heavy atom. The van der Waals surface area contributed by atoms with Gasteiger partial charge >= 0.3 is 0 Å². The Morgan fingerprint density at radius 2 is 1.84 bits per heavy atom. The van der Waals surface area contributed by atoms with Crippen LogP contribution >= 0.6 is 0 Å². The van der Waals surface area contributed by atoms with E-state index in [2.05, 4.69) is 10.2 Å². The Kier molecular flexibility index (Phi) is 3.15. The lowest BCUT2D eigenvalue weighted by Crippen LogP contribution is -2.54. The van der Waals surface area contributed by atoms with Gasteiger partial charge in [0.05, 0.1) is 17.5 Å². The van der Waals surface area contributed by atoms with E-state index < -0.39 is 17.4 Å². The normalized spacial score (nSPS) is 32.6. The highest BCUT2D eigenvalue weighted by atomic mass is 16.7. The van der Waals surface area contributed by atoms with Crippen LogP contribution in [0.15, 0.2) is 42.5 Å². The van der Waals surface area contributed by atoms with E-state index >= 15 is 0 Å². The number of nitrogens with one attached hydrogen (secondary N) is 1. The van der Waals surface area contributed by atoms with Crippen molar-refractivity contribution in [1.82, 2.24) is 4.90 Å². The van der Waals surface area contributed by atoms with Crippen molar-refractivity contribution in [3.8, 4) is 11.5 Å². The molecule has 0 aromatic heterocycles. The second kappa shape index (κ2) is 5.64. The van der Waals surface area contributed by atoms with Crippen LogP contribution in [0.2, 0.25) is 0 Å². The van der Waals surface area contributed by atoms with E-state index in [0.29, 0.717) is 23.7 Å². The topological polar surface area (TPSA) is 88.2 Å². The molecule has 5 aliphatic heterocycles. The maximum atomic E-state index is 13.9. The van der Waals surface area contributed by atoms with Crippen molar-refractivity contribution in [2.45, 2.75) is 24.4 Å². The molecule has 7 rings (SSSR count). The summed E-state index contributed by atoms with van der Waals surface area (Å²) in [5, 5.41) is 2.98. The first-order chi connectivity index (χ1) is 15.1. The van der Waals surface area contributed by atoms with Crippen molar-refractivity contribution in [3.05, 3.63) is 48.0 Å². The molecule has 8 heteroatoms. The number of benzene rings is 2. The van der Waals surface area contributed by atoms with E-state index in [4.69, 9.17) is 9.47 Å². The standard InChI is InChI=1S/C23H19N3O5/c27-20-18-15-6-3-9-25(15)23(13-4-1-2-5-14(13)24-22(23)29)19(18)21(28)26(20)12-7-8-16-17(10-12)31-11-30-16/h1-2,4-5,7-8,10,15,18-19H,3,6,9,11H2,(H,24,29)/t15-,18+,19+,23-/m0/s1. The molecule has 0 radical (unpaired) electrons. The largest absolute Gasteiger partial charge is 0.454 e. The van der Waals surface area contributed by atoms with Gasteiger partial charge in [0.1, 0.15) is 5.54 Å². The summed E-state index contributed by atoms with van der Waals surface area (Å²) in [4.78, 5) is 44.4. The fourth-order valence-electron chi connectivity index (χ4n) is 6.44. The molecule has 3 fully saturated rings.